The number of hydrogen-bond donors (Lipinski definition) is 1. The molecular weight excluding hydrogens is 422 g/mol. The summed E-state index contributed by atoms with van der Waals surface area (Å²) < 4.78 is 5.11. The van der Waals surface area contributed by atoms with Crippen molar-refractivity contribution in [3.8, 4) is 5.75 Å². The highest BCUT2D eigenvalue weighted by Gasteiger charge is 2.55. The van der Waals surface area contributed by atoms with Gasteiger partial charge in [0, 0.05) is 6.54 Å². The van der Waals surface area contributed by atoms with E-state index in [4.69, 9.17) is 16.3 Å². The summed E-state index contributed by atoms with van der Waals surface area (Å²) in [6, 6.07) is 10.5. The quantitative estimate of drug-likeness (QED) is 0.692. The number of benzene rings is 2. The van der Waals surface area contributed by atoms with Crippen LogP contribution in [0.4, 0.5) is 5.69 Å². The Morgan fingerprint density at radius 2 is 1.90 bits per heavy atom. The maximum absolute atomic E-state index is 13.0. The number of nitrogens with one attached hydrogen (secondary N) is 1. The first-order valence-corrected chi connectivity index (χ1v) is 9.98. The first-order valence-electron chi connectivity index (χ1n) is 9.60. The second-order valence-electron chi connectivity index (χ2n) is 7.29. The summed E-state index contributed by atoms with van der Waals surface area (Å²) in [6.45, 7) is 2.15. The molecule has 0 spiro atoms. The Bertz CT molecular complexity index is 1070. The van der Waals surface area contributed by atoms with Crippen LogP contribution in [0.15, 0.2) is 52.8 Å². The molecule has 0 unspecified atom stereocenters. The molecule has 0 aromatic heterocycles. The molecular formula is C21H20ClN5O4. The molecule has 160 valence electrons. The molecule has 2 heterocycles. The molecule has 2 aromatic carbocycles. The van der Waals surface area contributed by atoms with Gasteiger partial charge in [0.1, 0.15) is 12.3 Å². The first kappa shape index (κ1) is 20.8. The van der Waals surface area contributed by atoms with E-state index in [2.05, 4.69) is 15.7 Å². The lowest BCUT2D eigenvalue weighted by molar-refractivity contribution is -0.125. The van der Waals surface area contributed by atoms with Crippen LogP contribution in [0.2, 0.25) is 5.02 Å². The molecule has 0 bridgehead atoms. The van der Waals surface area contributed by atoms with Crippen molar-refractivity contribution < 1.29 is 19.1 Å². The zero-order valence-corrected chi connectivity index (χ0v) is 17.7. The van der Waals surface area contributed by atoms with E-state index in [1.54, 1.807) is 12.1 Å². The molecule has 9 nitrogen and oxygen atoms in total. The van der Waals surface area contributed by atoms with Gasteiger partial charge in [0.25, 0.3) is 11.8 Å². The number of imide groups is 1. The van der Waals surface area contributed by atoms with E-state index < -0.39 is 23.9 Å². The predicted octanol–water partition coefficient (Wildman–Crippen LogP) is 2.27. The second-order valence-corrected chi connectivity index (χ2v) is 7.69. The third kappa shape index (κ3) is 3.96. The fourth-order valence-corrected chi connectivity index (χ4v) is 3.76. The van der Waals surface area contributed by atoms with Gasteiger partial charge in [-0.05, 0) is 30.7 Å². The number of rotatable bonds is 6. The summed E-state index contributed by atoms with van der Waals surface area (Å²) in [5.41, 5.74) is 2.40. The number of fused-ring (bicyclic) bond motifs is 1. The average Bonchev–Trinajstić information content (AvgIpc) is 3.27. The Morgan fingerprint density at radius 3 is 2.58 bits per heavy atom. The Balaban J connectivity index is 1.43. The topological polar surface area (TPSA) is 104 Å². The molecule has 4 rings (SSSR count). The smallest absolute Gasteiger partial charge is 0.263 e. The number of hydrogen-bond acceptors (Lipinski definition) is 7. The first-order chi connectivity index (χ1) is 14.9. The number of anilines is 1. The summed E-state index contributed by atoms with van der Waals surface area (Å²) in [6.07, 6.45) is 0. The van der Waals surface area contributed by atoms with E-state index in [0.717, 1.165) is 16.0 Å². The van der Waals surface area contributed by atoms with Gasteiger partial charge in [-0.25, -0.2) is 4.90 Å². The van der Waals surface area contributed by atoms with E-state index >= 15 is 0 Å². The minimum absolute atomic E-state index is 0.188. The van der Waals surface area contributed by atoms with E-state index in [9.17, 15) is 14.4 Å². The minimum atomic E-state index is -0.988. The summed E-state index contributed by atoms with van der Waals surface area (Å²) in [5.74, 6) is -0.919. The number of carbonyl (C=O) groups excluding carboxylic acids is 3. The van der Waals surface area contributed by atoms with Crippen molar-refractivity contribution in [3.63, 3.8) is 0 Å². The van der Waals surface area contributed by atoms with Gasteiger partial charge in [0.15, 0.2) is 12.1 Å². The van der Waals surface area contributed by atoms with Crippen molar-refractivity contribution in [2.45, 2.75) is 25.6 Å². The third-order valence-electron chi connectivity index (χ3n) is 5.17. The molecule has 2 aliphatic heterocycles. The van der Waals surface area contributed by atoms with Crippen LogP contribution < -0.4 is 15.0 Å². The van der Waals surface area contributed by atoms with Crippen molar-refractivity contribution in [1.82, 2.24) is 10.3 Å². The number of aryl methyl sites for hydroxylation is 1. The van der Waals surface area contributed by atoms with Gasteiger partial charge in [-0.3, -0.25) is 19.4 Å². The number of carbonyl (C=O) groups is 3. The van der Waals surface area contributed by atoms with Crippen LogP contribution in [0, 0.1) is 6.92 Å². The van der Waals surface area contributed by atoms with E-state index in [-0.39, 0.29) is 17.5 Å². The number of ether oxygens (including phenoxy) is 1. The average molecular weight is 442 g/mol. The highest BCUT2D eigenvalue weighted by molar-refractivity contribution is 6.33. The fourth-order valence-electron chi connectivity index (χ4n) is 3.51. The Hall–Kier alpha value is -3.46. The van der Waals surface area contributed by atoms with Crippen molar-refractivity contribution in [1.29, 1.82) is 0 Å². The van der Waals surface area contributed by atoms with Crippen LogP contribution in [0.5, 0.6) is 5.75 Å². The molecule has 2 aromatic rings. The van der Waals surface area contributed by atoms with Gasteiger partial charge >= 0.3 is 0 Å². The Kier molecular flexibility index (Phi) is 5.60. The molecule has 10 heteroatoms. The maximum atomic E-state index is 13.0. The number of nitrogens with zero attached hydrogens (tertiary/aromatic N) is 4. The Morgan fingerprint density at radius 1 is 1.16 bits per heavy atom. The number of methoxy groups -OCH3 is 1. The van der Waals surface area contributed by atoms with Crippen molar-refractivity contribution >= 4 is 35.0 Å². The zero-order valence-electron chi connectivity index (χ0n) is 16.9. The van der Waals surface area contributed by atoms with Crippen molar-refractivity contribution in [2.75, 3.05) is 18.6 Å². The standard InChI is InChI=1S/C21H20ClN5O4/c1-12-3-5-13(6-4-12)10-23-17(28)11-26-19-18(24-25-26)20(29)27(21(19)30)14-7-8-16(31-2)15(22)9-14/h3-9,18-19H,10-11H2,1-2H3,(H,23,28)/t18-,19+/m1/s1. The van der Waals surface area contributed by atoms with Crippen molar-refractivity contribution in [3.05, 3.63) is 58.6 Å². The second kappa shape index (κ2) is 8.35. The Labute approximate surface area is 183 Å². The largest absolute Gasteiger partial charge is 0.495 e. The molecule has 2 atom stereocenters. The van der Waals surface area contributed by atoms with E-state index in [1.807, 2.05) is 31.2 Å². The predicted molar refractivity (Wildman–Crippen MR) is 113 cm³/mol. The van der Waals surface area contributed by atoms with Gasteiger partial charge in [0.2, 0.25) is 5.91 Å². The van der Waals surface area contributed by atoms with Crippen LogP contribution >= 0.6 is 11.6 Å². The summed E-state index contributed by atoms with van der Waals surface area (Å²) in [7, 11) is 1.47. The van der Waals surface area contributed by atoms with Gasteiger partial charge in [-0.15, -0.1) is 0 Å². The molecule has 1 saturated heterocycles. The SMILES string of the molecule is COc1ccc(N2C(=O)[C@@H]3[C@@H](N=NN3CC(=O)NCc3ccc(C)cc3)C2=O)cc1Cl. The van der Waals surface area contributed by atoms with Crippen LogP contribution in [-0.4, -0.2) is 48.5 Å². The number of amides is 3. The highest BCUT2D eigenvalue weighted by atomic mass is 35.5. The number of halogens is 1. The fraction of sp³-hybridized carbons (Fsp3) is 0.286. The normalized spacial score (nSPS) is 19.7. The van der Waals surface area contributed by atoms with Crippen LogP contribution in [0.1, 0.15) is 11.1 Å². The molecule has 0 saturated carbocycles. The molecule has 3 amide bonds. The van der Waals surface area contributed by atoms with Gasteiger partial charge < -0.3 is 10.1 Å². The zero-order chi connectivity index (χ0) is 22.1. The van der Waals surface area contributed by atoms with Crippen LogP contribution in [0.25, 0.3) is 0 Å². The molecule has 1 N–H and O–H groups in total. The molecule has 0 aliphatic carbocycles. The van der Waals surface area contributed by atoms with E-state index in [1.165, 1.54) is 18.2 Å². The van der Waals surface area contributed by atoms with Gasteiger partial charge in [-0.1, -0.05) is 46.7 Å². The van der Waals surface area contributed by atoms with Gasteiger partial charge in [0.05, 0.1) is 17.8 Å². The lowest BCUT2D eigenvalue weighted by atomic mass is 10.1. The monoisotopic (exact) mass is 441 g/mol. The van der Waals surface area contributed by atoms with Gasteiger partial charge in [-0.2, -0.15) is 5.11 Å². The highest BCUT2D eigenvalue weighted by Crippen LogP contribution is 2.35. The van der Waals surface area contributed by atoms with Crippen molar-refractivity contribution in [2.24, 2.45) is 10.3 Å². The summed E-state index contributed by atoms with van der Waals surface area (Å²) in [4.78, 5) is 39.2. The van der Waals surface area contributed by atoms with Crippen LogP contribution in [-0.2, 0) is 20.9 Å². The third-order valence-corrected chi connectivity index (χ3v) is 5.46. The molecule has 2 aliphatic rings. The van der Waals surface area contributed by atoms with E-state index in [0.29, 0.717) is 18.0 Å². The maximum Gasteiger partial charge on any atom is 0.263 e. The summed E-state index contributed by atoms with van der Waals surface area (Å²) in [5, 5.41) is 12.1. The summed E-state index contributed by atoms with van der Waals surface area (Å²) >= 11 is 6.14. The lowest BCUT2D eigenvalue weighted by Crippen LogP contribution is -2.44. The molecule has 0 radical (unpaired) electrons. The molecule has 1 fully saturated rings. The minimum Gasteiger partial charge on any atom is -0.495 e. The van der Waals surface area contributed by atoms with Crippen LogP contribution in [0.3, 0.4) is 0 Å². The molecule has 31 heavy (non-hydrogen) atoms. The lowest BCUT2D eigenvalue weighted by Gasteiger charge is -2.20.